The van der Waals surface area contributed by atoms with E-state index in [2.05, 4.69) is 34.5 Å². The summed E-state index contributed by atoms with van der Waals surface area (Å²) in [6, 6.07) is 14.0. The van der Waals surface area contributed by atoms with E-state index in [0.29, 0.717) is 37.4 Å². The first-order valence-corrected chi connectivity index (χ1v) is 12.8. The Balaban J connectivity index is 1.68. The normalized spacial score (nSPS) is 17.2. The molecular formula is C27H28IN3O4. The summed E-state index contributed by atoms with van der Waals surface area (Å²) >= 11 is 2.22. The van der Waals surface area contributed by atoms with Gasteiger partial charge in [0.15, 0.2) is 0 Å². The lowest BCUT2D eigenvalue weighted by molar-refractivity contribution is -0.139. The van der Waals surface area contributed by atoms with Crippen molar-refractivity contribution >= 4 is 40.0 Å². The first-order chi connectivity index (χ1) is 17.0. The summed E-state index contributed by atoms with van der Waals surface area (Å²) in [4.78, 5) is 31.9. The van der Waals surface area contributed by atoms with Gasteiger partial charge in [0.25, 0.3) is 11.7 Å². The standard InChI is InChI=1S/C27H28IN3O4/c1-2-3-16-35-22-7-4-6-20(17-22)25(32)23-24(19-8-10-21(28)11-9-19)31(27(34)26(23)33)14-5-13-30-15-12-29-18-30/h4,6-12,15,17-18,24,32H,2-3,5,13-14,16H2,1H3. The van der Waals surface area contributed by atoms with Crippen LogP contribution in [0.2, 0.25) is 0 Å². The minimum Gasteiger partial charge on any atom is -0.507 e. The molecule has 1 N–H and O–H groups in total. The summed E-state index contributed by atoms with van der Waals surface area (Å²) in [6.07, 6.45) is 7.87. The maximum absolute atomic E-state index is 13.2. The quantitative estimate of drug-likeness (QED) is 0.117. The second kappa shape index (κ2) is 11.5. The number of ketones is 1. The second-order valence-corrected chi connectivity index (χ2v) is 9.67. The Labute approximate surface area is 218 Å². The molecule has 1 aromatic heterocycles. The number of ether oxygens (including phenoxy) is 1. The summed E-state index contributed by atoms with van der Waals surface area (Å²) in [5.74, 6) is -0.852. The largest absolute Gasteiger partial charge is 0.507 e. The number of halogens is 1. The Hall–Kier alpha value is -3.14. The molecule has 2 heterocycles. The van der Waals surface area contributed by atoms with Crippen LogP contribution < -0.4 is 4.74 Å². The molecule has 1 unspecified atom stereocenters. The summed E-state index contributed by atoms with van der Waals surface area (Å²) in [7, 11) is 0. The number of rotatable bonds is 10. The molecule has 1 aliphatic heterocycles. The molecule has 0 radical (unpaired) electrons. The average molecular weight is 585 g/mol. The number of aryl methyl sites for hydroxylation is 1. The highest BCUT2D eigenvalue weighted by Crippen LogP contribution is 2.40. The number of likely N-dealkylation sites (tertiary alicyclic amines) is 1. The Kier molecular flexibility index (Phi) is 8.22. The van der Waals surface area contributed by atoms with E-state index in [0.717, 1.165) is 22.0 Å². The Morgan fingerprint density at radius 2 is 1.91 bits per heavy atom. The Morgan fingerprint density at radius 3 is 2.63 bits per heavy atom. The van der Waals surface area contributed by atoms with E-state index in [9.17, 15) is 14.7 Å². The lowest BCUT2D eigenvalue weighted by Gasteiger charge is -2.25. The van der Waals surface area contributed by atoms with Crippen LogP contribution in [0.25, 0.3) is 5.76 Å². The van der Waals surface area contributed by atoms with Gasteiger partial charge in [-0.15, -0.1) is 0 Å². The third-order valence-electron chi connectivity index (χ3n) is 5.97. The van der Waals surface area contributed by atoms with Gasteiger partial charge in [0.05, 0.1) is 24.5 Å². The first kappa shape index (κ1) is 25.0. The minimum atomic E-state index is -0.675. The van der Waals surface area contributed by atoms with E-state index in [1.54, 1.807) is 35.6 Å². The molecule has 1 saturated heterocycles. The van der Waals surface area contributed by atoms with Crippen molar-refractivity contribution in [3.8, 4) is 5.75 Å². The van der Waals surface area contributed by atoms with Crippen LogP contribution in [0, 0.1) is 3.57 Å². The van der Waals surface area contributed by atoms with Crippen LogP contribution in [0.1, 0.15) is 43.4 Å². The van der Waals surface area contributed by atoms with Crippen molar-refractivity contribution in [3.63, 3.8) is 0 Å². The first-order valence-electron chi connectivity index (χ1n) is 11.7. The number of benzene rings is 2. The maximum atomic E-state index is 13.2. The van der Waals surface area contributed by atoms with Gasteiger partial charge in [-0.2, -0.15) is 0 Å². The third-order valence-corrected chi connectivity index (χ3v) is 6.69. The molecule has 182 valence electrons. The third kappa shape index (κ3) is 5.75. The lowest BCUT2D eigenvalue weighted by atomic mass is 9.95. The predicted molar refractivity (Wildman–Crippen MR) is 142 cm³/mol. The molecule has 1 aliphatic rings. The Bertz CT molecular complexity index is 1210. The minimum absolute atomic E-state index is 0.101. The van der Waals surface area contributed by atoms with E-state index in [-0.39, 0.29) is 11.3 Å². The molecular weight excluding hydrogens is 557 g/mol. The van der Waals surface area contributed by atoms with Gasteiger partial charge in [0, 0.05) is 34.6 Å². The molecule has 0 saturated carbocycles. The van der Waals surface area contributed by atoms with Crippen molar-refractivity contribution in [2.24, 2.45) is 0 Å². The molecule has 4 rings (SSSR count). The number of nitrogens with zero attached hydrogens (tertiary/aromatic N) is 3. The van der Waals surface area contributed by atoms with E-state index < -0.39 is 17.7 Å². The van der Waals surface area contributed by atoms with Gasteiger partial charge in [-0.25, -0.2) is 4.98 Å². The van der Waals surface area contributed by atoms with Gasteiger partial charge in [0.1, 0.15) is 11.5 Å². The smallest absolute Gasteiger partial charge is 0.295 e. The highest BCUT2D eigenvalue weighted by Gasteiger charge is 2.45. The number of aliphatic hydroxyl groups excluding tert-OH is 1. The zero-order valence-corrected chi connectivity index (χ0v) is 21.7. The zero-order valence-electron chi connectivity index (χ0n) is 19.6. The maximum Gasteiger partial charge on any atom is 0.295 e. The molecule has 1 amide bonds. The van der Waals surface area contributed by atoms with Crippen molar-refractivity contribution in [2.45, 2.75) is 38.8 Å². The van der Waals surface area contributed by atoms with Crippen LogP contribution in [0.5, 0.6) is 5.75 Å². The number of Topliss-reactive ketones (excluding diaryl/α,β-unsaturated/α-hetero) is 1. The van der Waals surface area contributed by atoms with E-state index in [1.165, 1.54) is 0 Å². The number of carbonyl (C=O) groups is 2. The number of hydrogen-bond acceptors (Lipinski definition) is 5. The monoisotopic (exact) mass is 585 g/mol. The number of hydrogen-bond donors (Lipinski definition) is 1. The molecule has 0 bridgehead atoms. The van der Waals surface area contributed by atoms with E-state index in [1.807, 2.05) is 41.1 Å². The van der Waals surface area contributed by atoms with Crippen molar-refractivity contribution in [2.75, 3.05) is 13.2 Å². The highest BCUT2D eigenvalue weighted by atomic mass is 127. The van der Waals surface area contributed by atoms with Gasteiger partial charge >= 0.3 is 0 Å². The van der Waals surface area contributed by atoms with Crippen LogP contribution in [-0.2, 0) is 16.1 Å². The van der Waals surface area contributed by atoms with Gasteiger partial charge < -0.3 is 19.3 Å². The van der Waals surface area contributed by atoms with Crippen molar-refractivity contribution < 1.29 is 19.4 Å². The SMILES string of the molecule is CCCCOc1cccc(C(O)=C2C(=O)C(=O)N(CCCn3ccnc3)C2c2ccc(I)cc2)c1. The van der Waals surface area contributed by atoms with Crippen LogP contribution in [0.4, 0.5) is 0 Å². The number of imidazole rings is 1. The summed E-state index contributed by atoms with van der Waals surface area (Å²) in [6.45, 7) is 3.70. The molecule has 1 fully saturated rings. The van der Waals surface area contributed by atoms with Crippen LogP contribution >= 0.6 is 22.6 Å². The molecule has 3 aromatic rings. The number of aromatic nitrogens is 2. The lowest BCUT2D eigenvalue weighted by Crippen LogP contribution is -2.31. The molecule has 0 aliphatic carbocycles. The molecule has 0 spiro atoms. The zero-order chi connectivity index (χ0) is 24.8. The van der Waals surface area contributed by atoms with E-state index in [4.69, 9.17) is 4.74 Å². The van der Waals surface area contributed by atoms with Crippen molar-refractivity contribution in [1.82, 2.24) is 14.5 Å². The van der Waals surface area contributed by atoms with Gasteiger partial charge in [-0.1, -0.05) is 37.6 Å². The molecule has 2 aromatic carbocycles. The number of unbranched alkanes of at least 4 members (excludes halogenated alkanes) is 1. The second-order valence-electron chi connectivity index (χ2n) is 8.43. The van der Waals surface area contributed by atoms with Gasteiger partial charge in [-0.3, -0.25) is 9.59 Å². The fraction of sp³-hybridized carbons (Fsp3) is 0.296. The summed E-state index contributed by atoms with van der Waals surface area (Å²) < 4.78 is 8.75. The Morgan fingerprint density at radius 1 is 1.11 bits per heavy atom. The summed E-state index contributed by atoms with van der Waals surface area (Å²) in [5.41, 5.74) is 1.33. The van der Waals surface area contributed by atoms with Gasteiger partial charge in [-0.05, 0) is 65.3 Å². The van der Waals surface area contributed by atoms with E-state index >= 15 is 0 Å². The van der Waals surface area contributed by atoms with Crippen molar-refractivity contribution in [3.05, 3.63) is 87.5 Å². The predicted octanol–water partition coefficient (Wildman–Crippen LogP) is 5.18. The highest BCUT2D eigenvalue weighted by molar-refractivity contribution is 14.1. The average Bonchev–Trinajstić information content (AvgIpc) is 3.47. The van der Waals surface area contributed by atoms with Crippen LogP contribution in [-0.4, -0.2) is 44.4 Å². The fourth-order valence-electron chi connectivity index (χ4n) is 4.17. The number of carbonyl (C=O) groups excluding carboxylic acids is 2. The van der Waals surface area contributed by atoms with Crippen molar-refractivity contribution in [1.29, 1.82) is 0 Å². The van der Waals surface area contributed by atoms with Crippen LogP contribution in [0.3, 0.4) is 0 Å². The molecule has 8 heteroatoms. The summed E-state index contributed by atoms with van der Waals surface area (Å²) in [5, 5.41) is 11.3. The molecule has 7 nitrogen and oxygen atoms in total. The fourth-order valence-corrected chi connectivity index (χ4v) is 4.53. The molecule has 1 atom stereocenters. The van der Waals surface area contributed by atoms with Crippen LogP contribution in [0.15, 0.2) is 72.8 Å². The van der Waals surface area contributed by atoms with Gasteiger partial charge in [0.2, 0.25) is 0 Å². The number of amides is 1. The molecule has 35 heavy (non-hydrogen) atoms. The number of aliphatic hydroxyl groups is 1. The topological polar surface area (TPSA) is 84.7 Å².